The van der Waals surface area contributed by atoms with Crippen molar-refractivity contribution in [1.82, 2.24) is 10.1 Å². The van der Waals surface area contributed by atoms with Crippen molar-refractivity contribution in [2.45, 2.75) is 19.1 Å². The Hall–Kier alpha value is -1.56. The lowest BCUT2D eigenvalue weighted by Gasteiger charge is -1.97. The summed E-state index contributed by atoms with van der Waals surface area (Å²) in [5, 5.41) is 12.9. The molecule has 6 heteroatoms. The Labute approximate surface area is 108 Å². The average molecular weight is 268 g/mol. The van der Waals surface area contributed by atoms with Crippen LogP contribution in [0.4, 0.5) is 4.39 Å². The zero-order valence-corrected chi connectivity index (χ0v) is 10.7. The number of rotatable bonds is 5. The number of phenolic OH excluding ortho intramolecular Hbond substituents is 1. The molecule has 1 aromatic heterocycles. The van der Waals surface area contributed by atoms with Gasteiger partial charge in [0.05, 0.1) is 11.3 Å². The Kier molecular flexibility index (Phi) is 4.19. The van der Waals surface area contributed by atoms with Crippen LogP contribution < -0.4 is 0 Å². The van der Waals surface area contributed by atoms with Gasteiger partial charge in [0, 0.05) is 6.07 Å². The first kappa shape index (κ1) is 12.9. The summed E-state index contributed by atoms with van der Waals surface area (Å²) in [6, 6.07) is 3.82. The van der Waals surface area contributed by atoms with Gasteiger partial charge in [0.25, 0.3) is 5.89 Å². The van der Waals surface area contributed by atoms with Gasteiger partial charge in [0.1, 0.15) is 11.6 Å². The van der Waals surface area contributed by atoms with Crippen molar-refractivity contribution in [2.24, 2.45) is 0 Å². The van der Waals surface area contributed by atoms with Gasteiger partial charge < -0.3 is 9.63 Å². The lowest BCUT2D eigenvalue weighted by molar-refractivity contribution is 0.422. The van der Waals surface area contributed by atoms with Crippen LogP contribution in [0.1, 0.15) is 19.2 Å². The molecular formula is C12H13FN2O2S. The Balaban J connectivity index is 2.13. The number of halogens is 1. The minimum Gasteiger partial charge on any atom is -0.508 e. The Bertz CT molecular complexity index is 531. The second-order valence-corrected chi connectivity index (χ2v) is 4.84. The van der Waals surface area contributed by atoms with Crippen LogP contribution in [0.25, 0.3) is 11.5 Å². The SMILES string of the molecule is CCCSCc1noc(-c2ccc(O)cc2F)n1. The fraction of sp³-hybridized carbons (Fsp3) is 0.333. The molecule has 18 heavy (non-hydrogen) atoms. The van der Waals surface area contributed by atoms with Crippen molar-refractivity contribution in [2.75, 3.05) is 5.75 Å². The van der Waals surface area contributed by atoms with Gasteiger partial charge in [-0.3, -0.25) is 0 Å². The number of thioether (sulfide) groups is 1. The van der Waals surface area contributed by atoms with Gasteiger partial charge in [-0.2, -0.15) is 16.7 Å². The number of benzene rings is 1. The van der Waals surface area contributed by atoms with E-state index in [1.807, 2.05) is 0 Å². The number of hydrogen-bond donors (Lipinski definition) is 1. The summed E-state index contributed by atoms with van der Waals surface area (Å²) in [4.78, 5) is 4.12. The molecular weight excluding hydrogens is 255 g/mol. The molecule has 2 rings (SSSR count). The summed E-state index contributed by atoms with van der Waals surface area (Å²) in [5.74, 6) is 1.66. The highest BCUT2D eigenvalue weighted by Crippen LogP contribution is 2.24. The Morgan fingerprint density at radius 1 is 1.44 bits per heavy atom. The van der Waals surface area contributed by atoms with Crippen molar-refractivity contribution in [1.29, 1.82) is 0 Å². The van der Waals surface area contributed by atoms with Crippen molar-refractivity contribution in [3.8, 4) is 17.2 Å². The van der Waals surface area contributed by atoms with E-state index >= 15 is 0 Å². The Morgan fingerprint density at radius 2 is 2.28 bits per heavy atom. The molecule has 0 saturated heterocycles. The maximum absolute atomic E-state index is 13.6. The zero-order chi connectivity index (χ0) is 13.0. The van der Waals surface area contributed by atoms with E-state index in [2.05, 4.69) is 17.1 Å². The van der Waals surface area contributed by atoms with Gasteiger partial charge in [0.2, 0.25) is 0 Å². The van der Waals surface area contributed by atoms with E-state index in [9.17, 15) is 4.39 Å². The normalized spacial score (nSPS) is 10.8. The molecule has 1 heterocycles. The van der Waals surface area contributed by atoms with E-state index < -0.39 is 5.82 Å². The van der Waals surface area contributed by atoms with Crippen molar-refractivity contribution in [3.63, 3.8) is 0 Å². The summed E-state index contributed by atoms with van der Waals surface area (Å²) in [6.07, 6.45) is 1.09. The molecule has 0 atom stereocenters. The molecule has 1 N–H and O–H groups in total. The van der Waals surface area contributed by atoms with Crippen LogP contribution in [-0.2, 0) is 5.75 Å². The number of phenols is 1. The summed E-state index contributed by atoms with van der Waals surface area (Å²) < 4.78 is 18.6. The van der Waals surface area contributed by atoms with Crippen LogP contribution >= 0.6 is 11.8 Å². The lowest BCUT2D eigenvalue weighted by Crippen LogP contribution is -1.87. The molecule has 4 nitrogen and oxygen atoms in total. The predicted molar refractivity (Wildman–Crippen MR) is 67.8 cm³/mol. The van der Waals surface area contributed by atoms with E-state index in [-0.39, 0.29) is 17.2 Å². The van der Waals surface area contributed by atoms with E-state index in [4.69, 9.17) is 9.63 Å². The van der Waals surface area contributed by atoms with Crippen molar-refractivity contribution >= 4 is 11.8 Å². The number of hydrogen-bond acceptors (Lipinski definition) is 5. The highest BCUT2D eigenvalue weighted by atomic mass is 32.2. The second kappa shape index (κ2) is 5.86. The molecule has 0 spiro atoms. The maximum Gasteiger partial charge on any atom is 0.260 e. The van der Waals surface area contributed by atoms with Gasteiger partial charge >= 0.3 is 0 Å². The van der Waals surface area contributed by atoms with E-state index in [0.717, 1.165) is 18.2 Å². The minimum atomic E-state index is -0.577. The molecule has 0 bridgehead atoms. The quantitative estimate of drug-likeness (QED) is 0.844. The molecule has 0 aliphatic rings. The fourth-order valence-electron chi connectivity index (χ4n) is 1.41. The number of aromatic nitrogens is 2. The second-order valence-electron chi connectivity index (χ2n) is 3.73. The summed E-state index contributed by atoms with van der Waals surface area (Å²) in [7, 11) is 0. The van der Waals surface area contributed by atoms with Gasteiger partial charge in [-0.15, -0.1) is 0 Å². The maximum atomic E-state index is 13.6. The van der Waals surface area contributed by atoms with E-state index in [1.54, 1.807) is 11.8 Å². The predicted octanol–water partition coefficient (Wildman–Crippen LogP) is 3.22. The summed E-state index contributed by atoms with van der Waals surface area (Å²) in [5.41, 5.74) is 0.201. The molecule has 0 radical (unpaired) electrons. The molecule has 0 aliphatic carbocycles. The van der Waals surface area contributed by atoms with Gasteiger partial charge in [-0.1, -0.05) is 12.1 Å². The van der Waals surface area contributed by atoms with Crippen LogP contribution in [0.5, 0.6) is 5.75 Å². The first-order valence-corrected chi connectivity index (χ1v) is 6.75. The zero-order valence-electron chi connectivity index (χ0n) is 9.89. The smallest absolute Gasteiger partial charge is 0.260 e. The van der Waals surface area contributed by atoms with Crippen molar-refractivity contribution in [3.05, 3.63) is 29.8 Å². The van der Waals surface area contributed by atoms with E-state index in [1.165, 1.54) is 12.1 Å². The molecule has 0 saturated carbocycles. The monoisotopic (exact) mass is 268 g/mol. The number of aromatic hydroxyl groups is 1. The average Bonchev–Trinajstić information content (AvgIpc) is 2.78. The highest BCUT2D eigenvalue weighted by molar-refractivity contribution is 7.98. The molecule has 0 aliphatic heterocycles. The molecule has 2 aromatic rings. The third kappa shape index (κ3) is 3.01. The first-order valence-electron chi connectivity index (χ1n) is 5.60. The summed E-state index contributed by atoms with van der Waals surface area (Å²) >= 11 is 1.70. The molecule has 96 valence electrons. The van der Waals surface area contributed by atoms with Crippen LogP contribution in [-0.4, -0.2) is 21.0 Å². The van der Waals surface area contributed by atoms with E-state index in [0.29, 0.717) is 11.6 Å². The molecule has 0 amide bonds. The van der Waals surface area contributed by atoms with Gasteiger partial charge in [-0.25, -0.2) is 4.39 Å². The molecule has 0 unspecified atom stereocenters. The summed E-state index contributed by atoms with van der Waals surface area (Å²) in [6.45, 7) is 2.10. The first-order chi connectivity index (χ1) is 8.70. The molecule has 0 fully saturated rings. The third-order valence-corrected chi connectivity index (χ3v) is 3.39. The van der Waals surface area contributed by atoms with Crippen LogP contribution in [0.15, 0.2) is 22.7 Å². The van der Waals surface area contributed by atoms with Gasteiger partial charge in [-0.05, 0) is 24.3 Å². The lowest BCUT2D eigenvalue weighted by atomic mass is 10.2. The standard InChI is InChI=1S/C12H13FN2O2S/c1-2-5-18-7-11-14-12(17-15-11)9-4-3-8(16)6-10(9)13/h3-4,6,16H,2,5,7H2,1H3. The number of nitrogens with zero attached hydrogens (tertiary/aromatic N) is 2. The van der Waals surface area contributed by atoms with Gasteiger partial charge in [0.15, 0.2) is 5.82 Å². The molecule has 1 aromatic carbocycles. The van der Waals surface area contributed by atoms with Crippen molar-refractivity contribution < 1.29 is 14.0 Å². The third-order valence-electron chi connectivity index (χ3n) is 2.23. The topological polar surface area (TPSA) is 59.2 Å². The van der Waals surface area contributed by atoms with Crippen LogP contribution in [0.3, 0.4) is 0 Å². The highest BCUT2D eigenvalue weighted by Gasteiger charge is 2.13. The largest absolute Gasteiger partial charge is 0.508 e. The van der Waals surface area contributed by atoms with Crippen LogP contribution in [0.2, 0.25) is 0 Å². The fourth-order valence-corrected chi connectivity index (χ4v) is 2.14. The van der Waals surface area contributed by atoms with Crippen LogP contribution in [0, 0.1) is 5.82 Å². The minimum absolute atomic E-state index is 0.130. The Morgan fingerprint density at radius 3 is 3.00 bits per heavy atom.